The third kappa shape index (κ3) is 15.1. The van der Waals surface area contributed by atoms with Gasteiger partial charge in [-0.25, -0.2) is 24.2 Å². The quantitative estimate of drug-likeness (QED) is 0.0148. The molecule has 5 rings (SSSR count). The average molecular weight is 848 g/mol. The van der Waals surface area contributed by atoms with Gasteiger partial charge in [-0.2, -0.15) is 5.10 Å². The minimum atomic E-state index is -0.601. The third-order valence-corrected chi connectivity index (χ3v) is 9.93. The second-order valence-electron chi connectivity index (χ2n) is 13.6. The molecular formula is C47H49N3O10S. The molecule has 0 aliphatic carbocycles. The highest BCUT2D eigenvalue weighted by Crippen LogP contribution is 2.29. The molecule has 0 atom stereocenters. The molecule has 1 N–H and O–H groups in total. The van der Waals surface area contributed by atoms with Gasteiger partial charge in [0.25, 0.3) is 0 Å². The molecule has 0 aliphatic heterocycles. The lowest BCUT2D eigenvalue weighted by Crippen LogP contribution is -2.13. The van der Waals surface area contributed by atoms with Gasteiger partial charge in [-0.15, -0.1) is 0 Å². The summed E-state index contributed by atoms with van der Waals surface area (Å²) in [6.45, 7) is 10.2. The molecule has 1 aromatic heterocycles. The van der Waals surface area contributed by atoms with E-state index < -0.39 is 23.9 Å². The van der Waals surface area contributed by atoms with Gasteiger partial charge in [-0.05, 0) is 137 Å². The van der Waals surface area contributed by atoms with Crippen molar-refractivity contribution in [3.05, 3.63) is 133 Å². The molecular weight excluding hydrogens is 799 g/mol. The van der Waals surface area contributed by atoms with Crippen molar-refractivity contribution in [1.29, 1.82) is 0 Å². The summed E-state index contributed by atoms with van der Waals surface area (Å²) in [5.74, 6) is -0.371. The fraction of sp³-hybridized carbons (Fsp3) is 0.277. The summed E-state index contributed by atoms with van der Waals surface area (Å²) in [5, 5.41) is 5.11. The minimum absolute atomic E-state index is 0.203. The average Bonchev–Trinajstić information content (AvgIpc) is 3.71. The minimum Gasteiger partial charge on any atom is -0.494 e. The van der Waals surface area contributed by atoms with Gasteiger partial charge >= 0.3 is 23.9 Å². The van der Waals surface area contributed by atoms with E-state index in [1.165, 1.54) is 11.3 Å². The first-order valence-corrected chi connectivity index (χ1v) is 20.8. The zero-order chi connectivity index (χ0) is 43.2. The highest BCUT2D eigenvalue weighted by atomic mass is 32.1. The molecule has 61 heavy (non-hydrogen) atoms. The number of esters is 4. The number of nitrogens with zero attached hydrogens (tertiary/aromatic N) is 2. The van der Waals surface area contributed by atoms with Crippen molar-refractivity contribution in [1.82, 2.24) is 4.98 Å². The van der Waals surface area contributed by atoms with Crippen molar-refractivity contribution >= 4 is 56.3 Å². The maximum absolute atomic E-state index is 13.4. The van der Waals surface area contributed by atoms with E-state index in [0.29, 0.717) is 65.5 Å². The van der Waals surface area contributed by atoms with Crippen LogP contribution in [0.3, 0.4) is 0 Å². The second-order valence-corrected chi connectivity index (χ2v) is 14.6. The van der Waals surface area contributed by atoms with E-state index >= 15 is 0 Å². The number of ether oxygens (including phenoxy) is 6. The van der Waals surface area contributed by atoms with E-state index in [4.69, 9.17) is 28.4 Å². The lowest BCUT2D eigenvalue weighted by atomic mass is 10.1. The molecule has 13 nitrogen and oxygen atoms in total. The molecule has 0 saturated carbocycles. The SMILES string of the molecule is C=CC(=O)OCCCCCCOc1ccc(C(=O)Oc2ccc(OC(=O)c3ccc(OCCCCCCOC(=O)C=C)cc3)c(/C(C)=N/Nc3nc4ccccc4s3)c2)cc1. The largest absolute Gasteiger partial charge is 0.494 e. The summed E-state index contributed by atoms with van der Waals surface area (Å²) < 4.78 is 34.3. The predicted molar refractivity (Wildman–Crippen MR) is 235 cm³/mol. The third-order valence-electron chi connectivity index (χ3n) is 8.98. The Kier molecular flexibility index (Phi) is 18.1. The van der Waals surface area contributed by atoms with Gasteiger partial charge in [0.05, 0.1) is 53.5 Å². The number of nitrogens with one attached hydrogen (secondary N) is 1. The maximum atomic E-state index is 13.4. The summed E-state index contributed by atoms with van der Waals surface area (Å²) in [4.78, 5) is 53.4. The lowest BCUT2D eigenvalue weighted by molar-refractivity contribution is -0.138. The number of aromatic nitrogens is 1. The predicted octanol–water partition coefficient (Wildman–Crippen LogP) is 9.91. The lowest BCUT2D eigenvalue weighted by Gasteiger charge is -2.13. The number of fused-ring (bicyclic) bond motifs is 1. The number of benzene rings is 4. The van der Waals surface area contributed by atoms with Crippen molar-refractivity contribution in [2.45, 2.75) is 58.3 Å². The van der Waals surface area contributed by atoms with Gasteiger partial charge in [0.15, 0.2) is 0 Å². The van der Waals surface area contributed by atoms with Crippen LogP contribution in [-0.2, 0) is 19.1 Å². The van der Waals surface area contributed by atoms with Gasteiger partial charge < -0.3 is 28.4 Å². The van der Waals surface area contributed by atoms with Crippen LogP contribution in [0.2, 0.25) is 0 Å². The summed E-state index contributed by atoms with van der Waals surface area (Å²) in [6.07, 6.45) is 9.14. The van der Waals surface area contributed by atoms with Crippen molar-refractivity contribution in [3.63, 3.8) is 0 Å². The van der Waals surface area contributed by atoms with Crippen molar-refractivity contribution in [2.75, 3.05) is 31.9 Å². The van der Waals surface area contributed by atoms with Crippen molar-refractivity contribution in [2.24, 2.45) is 5.10 Å². The summed E-state index contributed by atoms with van der Waals surface area (Å²) in [5.41, 5.74) is 5.31. The number of para-hydroxylation sites is 1. The highest BCUT2D eigenvalue weighted by molar-refractivity contribution is 7.22. The van der Waals surface area contributed by atoms with Gasteiger partial charge in [0.1, 0.15) is 23.0 Å². The number of carbonyl (C=O) groups is 4. The molecule has 0 amide bonds. The molecule has 4 aromatic carbocycles. The number of hydrogen-bond donors (Lipinski definition) is 1. The summed E-state index contributed by atoms with van der Waals surface area (Å²) in [7, 11) is 0. The van der Waals surface area contributed by atoms with Crippen LogP contribution in [0.15, 0.2) is 121 Å². The van der Waals surface area contributed by atoms with Gasteiger partial charge in [0, 0.05) is 17.7 Å². The van der Waals surface area contributed by atoms with Crippen LogP contribution in [0.4, 0.5) is 5.13 Å². The Morgan fingerprint density at radius 3 is 1.69 bits per heavy atom. The van der Waals surface area contributed by atoms with Crippen molar-refractivity contribution in [3.8, 4) is 23.0 Å². The first-order chi connectivity index (χ1) is 29.7. The maximum Gasteiger partial charge on any atom is 0.343 e. The van der Waals surface area contributed by atoms with Gasteiger partial charge in [-0.1, -0.05) is 36.6 Å². The molecule has 1 heterocycles. The number of hydrazone groups is 1. The number of thiazole rings is 1. The van der Waals surface area contributed by atoms with Crippen LogP contribution in [0.1, 0.15) is 84.6 Å². The number of anilines is 1. The normalized spacial score (nSPS) is 11.0. The Morgan fingerprint density at radius 2 is 1.15 bits per heavy atom. The smallest absolute Gasteiger partial charge is 0.343 e. The molecule has 0 unspecified atom stereocenters. The second kappa shape index (κ2) is 24.3. The highest BCUT2D eigenvalue weighted by Gasteiger charge is 2.18. The zero-order valence-electron chi connectivity index (χ0n) is 34.1. The molecule has 5 aromatic rings. The van der Waals surface area contributed by atoms with Gasteiger partial charge in [0.2, 0.25) is 5.13 Å². The first kappa shape index (κ1) is 45.3. The number of hydrogen-bond acceptors (Lipinski definition) is 14. The summed E-state index contributed by atoms with van der Waals surface area (Å²) >= 11 is 1.44. The molecule has 318 valence electrons. The molecule has 0 fully saturated rings. The van der Waals surface area contributed by atoms with Crippen LogP contribution in [0, 0.1) is 0 Å². The number of carbonyl (C=O) groups excluding carboxylic acids is 4. The molecule has 0 radical (unpaired) electrons. The van der Waals surface area contributed by atoms with Crippen LogP contribution in [0.5, 0.6) is 23.0 Å². The molecule has 0 bridgehead atoms. The van der Waals surface area contributed by atoms with E-state index in [1.54, 1.807) is 73.7 Å². The monoisotopic (exact) mass is 847 g/mol. The first-order valence-electron chi connectivity index (χ1n) is 20.0. The van der Waals surface area contributed by atoms with Crippen LogP contribution >= 0.6 is 11.3 Å². The van der Waals surface area contributed by atoms with E-state index in [2.05, 4.69) is 28.7 Å². The standard InChI is InChI=1S/C47H49N3O10S/c1-4-43(51)57-30-14-8-6-12-28-55-36-22-18-34(19-23-36)45(53)59-38-26-27-41(39(32-38)33(3)49-50-47-48-40-16-10-11-17-42(40)61-47)60-46(54)35-20-24-37(25-21-35)56-29-13-7-9-15-31-58-44(52)5-2/h4-5,10-11,16-27,32H,1-2,6-9,12-15,28-31H2,3H3,(H,48,50)/b49-33+. The Labute approximate surface area is 359 Å². The summed E-state index contributed by atoms with van der Waals surface area (Å²) in [6, 6.07) is 25.8. The fourth-order valence-corrected chi connectivity index (χ4v) is 6.52. The fourth-order valence-electron chi connectivity index (χ4n) is 5.71. The number of rotatable bonds is 25. The Hall–Kier alpha value is -6.80. The Balaban J connectivity index is 1.18. The molecule has 0 saturated heterocycles. The Bertz CT molecular complexity index is 2250. The van der Waals surface area contributed by atoms with E-state index in [-0.39, 0.29) is 11.5 Å². The van der Waals surface area contributed by atoms with Crippen LogP contribution in [-0.4, -0.2) is 61.0 Å². The Morgan fingerprint density at radius 1 is 0.639 bits per heavy atom. The van der Waals surface area contributed by atoms with E-state index in [0.717, 1.165) is 73.7 Å². The molecule has 0 aliphatic rings. The van der Waals surface area contributed by atoms with Crippen LogP contribution in [0.25, 0.3) is 10.2 Å². The van der Waals surface area contributed by atoms with Gasteiger partial charge in [-0.3, -0.25) is 5.43 Å². The topological polar surface area (TPSA) is 161 Å². The zero-order valence-corrected chi connectivity index (χ0v) is 34.9. The van der Waals surface area contributed by atoms with Crippen LogP contribution < -0.4 is 24.4 Å². The molecule has 0 spiro atoms. The van der Waals surface area contributed by atoms with Crippen molar-refractivity contribution < 1.29 is 47.6 Å². The van der Waals surface area contributed by atoms with E-state index in [1.807, 2.05) is 24.3 Å². The van der Waals surface area contributed by atoms with E-state index in [9.17, 15) is 19.2 Å². The number of unbranched alkanes of at least 4 members (excludes halogenated alkanes) is 6. The molecule has 14 heteroatoms.